The van der Waals surface area contributed by atoms with Crippen molar-refractivity contribution in [1.82, 2.24) is 4.90 Å². The van der Waals surface area contributed by atoms with Crippen LogP contribution in [0.3, 0.4) is 0 Å². The van der Waals surface area contributed by atoms with Crippen LogP contribution in [0, 0.1) is 5.92 Å². The van der Waals surface area contributed by atoms with Gasteiger partial charge < -0.3 is 15.6 Å². The first kappa shape index (κ1) is 14.3. The van der Waals surface area contributed by atoms with Crippen molar-refractivity contribution < 1.29 is 9.84 Å². The van der Waals surface area contributed by atoms with Gasteiger partial charge in [0.2, 0.25) is 0 Å². The molecule has 1 aromatic carbocycles. The van der Waals surface area contributed by atoms with E-state index in [9.17, 15) is 5.11 Å². The Kier molecular flexibility index (Phi) is 4.80. The van der Waals surface area contributed by atoms with Crippen molar-refractivity contribution in [2.75, 3.05) is 32.5 Å². The smallest absolute Gasteiger partial charge is 0.0916 e. The maximum atomic E-state index is 10.3. The summed E-state index contributed by atoms with van der Waals surface area (Å²) in [7, 11) is 1.76. The van der Waals surface area contributed by atoms with Crippen LogP contribution in [0.25, 0.3) is 0 Å². The van der Waals surface area contributed by atoms with Crippen molar-refractivity contribution in [3.8, 4) is 0 Å². The van der Waals surface area contributed by atoms with Gasteiger partial charge in [-0.3, -0.25) is 4.90 Å². The summed E-state index contributed by atoms with van der Waals surface area (Å²) in [5.41, 5.74) is 7.30. The number of β-amino-alcohol motifs (C(OH)–C–C–N with tert-alkyl or cyclic N) is 1. The summed E-state index contributed by atoms with van der Waals surface area (Å²) in [6, 6.07) is 7.43. The van der Waals surface area contributed by atoms with Gasteiger partial charge in [0.1, 0.15) is 0 Å². The predicted octanol–water partition coefficient (Wildman–Crippen LogP) is 1.66. The van der Waals surface area contributed by atoms with E-state index in [0.717, 1.165) is 30.8 Å². The van der Waals surface area contributed by atoms with Gasteiger partial charge in [-0.2, -0.15) is 0 Å². The summed E-state index contributed by atoms with van der Waals surface area (Å²) in [4.78, 5) is 2.27. The van der Waals surface area contributed by atoms with E-state index in [-0.39, 0.29) is 6.10 Å². The number of hydrogen-bond donors (Lipinski definition) is 2. The fourth-order valence-corrected chi connectivity index (χ4v) is 2.64. The number of piperidine rings is 1. The lowest BCUT2D eigenvalue weighted by Crippen LogP contribution is -2.45. The van der Waals surface area contributed by atoms with E-state index in [2.05, 4.69) is 11.8 Å². The highest BCUT2D eigenvalue weighted by atomic mass is 16.5. The number of anilines is 1. The highest BCUT2D eigenvalue weighted by Gasteiger charge is 2.27. The van der Waals surface area contributed by atoms with Crippen molar-refractivity contribution in [3.63, 3.8) is 0 Å². The van der Waals surface area contributed by atoms with E-state index in [0.29, 0.717) is 12.5 Å². The Labute approximate surface area is 115 Å². The number of rotatable bonds is 4. The van der Waals surface area contributed by atoms with Gasteiger partial charge in [-0.05, 0) is 36.6 Å². The van der Waals surface area contributed by atoms with Crippen molar-refractivity contribution in [3.05, 3.63) is 29.8 Å². The van der Waals surface area contributed by atoms with Gasteiger partial charge in [-0.25, -0.2) is 0 Å². The van der Waals surface area contributed by atoms with E-state index in [1.807, 2.05) is 24.3 Å². The number of nitrogens with zero attached hydrogens (tertiary/aromatic N) is 1. The number of benzene rings is 1. The second-order valence-corrected chi connectivity index (χ2v) is 5.48. The van der Waals surface area contributed by atoms with Gasteiger partial charge in [0.05, 0.1) is 12.2 Å². The molecule has 4 heteroatoms. The van der Waals surface area contributed by atoms with Crippen LogP contribution in [0.5, 0.6) is 0 Å². The average molecular weight is 264 g/mol. The Morgan fingerprint density at radius 2 is 2.11 bits per heavy atom. The van der Waals surface area contributed by atoms with E-state index in [4.69, 9.17) is 10.5 Å². The third kappa shape index (κ3) is 3.69. The number of nitrogens with two attached hydrogens (primary N) is 1. The van der Waals surface area contributed by atoms with Gasteiger partial charge in [0, 0.05) is 25.9 Å². The van der Waals surface area contributed by atoms with Crippen LogP contribution in [-0.4, -0.2) is 42.9 Å². The van der Waals surface area contributed by atoms with Gasteiger partial charge in [0.15, 0.2) is 0 Å². The van der Waals surface area contributed by atoms with Crippen LogP contribution in [0.4, 0.5) is 5.69 Å². The summed E-state index contributed by atoms with van der Waals surface area (Å²) in [6.07, 6.45) is 0.923. The molecule has 0 aromatic heterocycles. The zero-order chi connectivity index (χ0) is 13.8. The van der Waals surface area contributed by atoms with Crippen LogP contribution < -0.4 is 5.73 Å². The average Bonchev–Trinajstić information content (AvgIpc) is 2.41. The fraction of sp³-hybridized carbons (Fsp3) is 0.600. The van der Waals surface area contributed by atoms with Gasteiger partial charge >= 0.3 is 0 Å². The molecule has 1 aromatic rings. The molecule has 0 radical (unpaired) electrons. The first-order valence-corrected chi connectivity index (χ1v) is 6.88. The Bertz CT molecular complexity index is 394. The molecule has 1 saturated heterocycles. The quantitative estimate of drug-likeness (QED) is 0.812. The lowest BCUT2D eigenvalue weighted by atomic mass is 9.95. The second-order valence-electron chi connectivity index (χ2n) is 5.48. The maximum Gasteiger partial charge on any atom is 0.0916 e. The number of likely N-dealkylation sites (tertiary alicyclic amines) is 1. The summed E-state index contributed by atoms with van der Waals surface area (Å²) >= 11 is 0. The molecule has 2 rings (SSSR count). The molecule has 1 aliphatic rings. The van der Waals surface area contributed by atoms with E-state index >= 15 is 0 Å². The highest BCUT2D eigenvalue weighted by Crippen LogP contribution is 2.22. The molecule has 19 heavy (non-hydrogen) atoms. The topological polar surface area (TPSA) is 58.7 Å². The third-order valence-corrected chi connectivity index (χ3v) is 4.03. The zero-order valence-electron chi connectivity index (χ0n) is 11.7. The second kappa shape index (κ2) is 6.37. The number of aliphatic hydroxyl groups is 1. The van der Waals surface area contributed by atoms with Gasteiger partial charge in [-0.15, -0.1) is 0 Å². The van der Waals surface area contributed by atoms with Crippen molar-refractivity contribution in [1.29, 1.82) is 0 Å². The van der Waals surface area contributed by atoms with Gasteiger partial charge in [0.25, 0.3) is 0 Å². The largest absolute Gasteiger partial charge is 0.399 e. The minimum absolute atomic E-state index is 0.271. The molecule has 1 heterocycles. The summed E-state index contributed by atoms with van der Waals surface area (Å²) in [5, 5.41) is 10.3. The van der Waals surface area contributed by atoms with Crippen LogP contribution in [-0.2, 0) is 4.74 Å². The minimum Gasteiger partial charge on any atom is -0.399 e. The molecule has 4 nitrogen and oxygen atoms in total. The molecular formula is C15H24N2O2. The molecule has 3 unspecified atom stereocenters. The Morgan fingerprint density at radius 3 is 2.74 bits per heavy atom. The van der Waals surface area contributed by atoms with Crippen molar-refractivity contribution >= 4 is 5.69 Å². The molecular weight excluding hydrogens is 240 g/mol. The normalized spacial score (nSPS) is 26.3. The molecule has 1 fully saturated rings. The lowest BCUT2D eigenvalue weighted by Gasteiger charge is -2.37. The maximum absolute atomic E-state index is 10.3. The number of aliphatic hydroxyl groups excluding tert-OH is 1. The molecule has 1 aliphatic heterocycles. The molecule has 0 aliphatic carbocycles. The monoisotopic (exact) mass is 264 g/mol. The van der Waals surface area contributed by atoms with Gasteiger partial charge in [-0.1, -0.05) is 19.1 Å². The van der Waals surface area contributed by atoms with Crippen LogP contribution in [0.1, 0.15) is 25.0 Å². The van der Waals surface area contributed by atoms with E-state index in [1.54, 1.807) is 7.11 Å². The van der Waals surface area contributed by atoms with E-state index < -0.39 is 6.10 Å². The summed E-state index contributed by atoms with van der Waals surface area (Å²) in [5.74, 6) is 0.593. The standard InChI is InChI=1S/C15H24N2O2/c1-11-7-8-17(10-15(11)19-2)9-14(18)12-3-5-13(16)6-4-12/h3-6,11,14-15,18H,7-10,16H2,1-2H3. The Balaban J connectivity index is 1.92. The van der Waals surface area contributed by atoms with Crippen LogP contribution in [0.2, 0.25) is 0 Å². The molecule has 106 valence electrons. The molecule has 0 amide bonds. The van der Waals surface area contributed by atoms with Crippen molar-refractivity contribution in [2.24, 2.45) is 5.92 Å². The number of nitrogen functional groups attached to an aromatic ring is 1. The number of hydrogen-bond acceptors (Lipinski definition) is 4. The number of ether oxygens (including phenoxy) is 1. The fourth-order valence-electron chi connectivity index (χ4n) is 2.64. The van der Waals surface area contributed by atoms with Crippen LogP contribution in [0.15, 0.2) is 24.3 Å². The SMILES string of the molecule is COC1CN(CC(O)c2ccc(N)cc2)CCC1C. The Morgan fingerprint density at radius 1 is 1.42 bits per heavy atom. The summed E-state index contributed by atoms with van der Waals surface area (Å²) < 4.78 is 5.50. The molecule has 0 bridgehead atoms. The third-order valence-electron chi connectivity index (χ3n) is 4.03. The molecule has 3 atom stereocenters. The molecule has 3 N–H and O–H groups in total. The zero-order valence-corrected chi connectivity index (χ0v) is 11.7. The summed E-state index contributed by atoms with van der Waals surface area (Å²) in [6.45, 7) is 4.79. The Hall–Kier alpha value is -1.10. The van der Waals surface area contributed by atoms with Crippen LogP contribution >= 0.6 is 0 Å². The molecule has 0 saturated carbocycles. The molecule has 0 spiro atoms. The van der Waals surface area contributed by atoms with Crippen molar-refractivity contribution in [2.45, 2.75) is 25.6 Å². The first-order chi connectivity index (χ1) is 9.10. The number of methoxy groups -OCH3 is 1. The first-order valence-electron chi connectivity index (χ1n) is 6.88. The predicted molar refractivity (Wildman–Crippen MR) is 76.8 cm³/mol. The van der Waals surface area contributed by atoms with E-state index in [1.165, 1.54) is 0 Å². The highest BCUT2D eigenvalue weighted by molar-refractivity contribution is 5.39. The minimum atomic E-state index is -0.466. The lowest BCUT2D eigenvalue weighted by molar-refractivity contribution is -0.0180.